The Balaban J connectivity index is 1.46. The van der Waals surface area contributed by atoms with Crippen molar-refractivity contribution in [3.63, 3.8) is 0 Å². The van der Waals surface area contributed by atoms with Crippen molar-refractivity contribution in [2.24, 2.45) is 0 Å². The topological polar surface area (TPSA) is 42.8 Å². The van der Waals surface area contributed by atoms with Crippen LogP contribution in [-0.4, -0.2) is 38.3 Å². The maximum Gasteiger partial charge on any atom is 0.416 e. The SMILES string of the molecule is O=C(Cc1cccc(C(F)(F)F)c1)NC[C@@H]1C[NH+](Cc2ccccc2)CCO1. The number of halogens is 3. The summed E-state index contributed by atoms with van der Waals surface area (Å²) in [6.07, 6.45) is -4.59. The fraction of sp³-hybridized carbons (Fsp3) is 0.381. The van der Waals surface area contributed by atoms with Gasteiger partial charge in [0.05, 0.1) is 18.6 Å². The minimum Gasteiger partial charge on any atom is -0.365 e. The first-order valence-electron chi connectivity index (χ1n) is 9.32. The minimum atomic E-state index is -4.41. The van der Waals surface area contributed by atoms with Gasteiger partial charge in [-0.15, -0.1) is 0 Å². The molecule has 28 heavy (non-hydrogen) atoms. The summed E-state index contributed by atoms with van der Waals surface area (Å²) in [5.41, 5.74) is 0.855. The first-order valence-corrected chi connectivity index (χ1v) is 9.32. The minimum absolute atomic E-state index is 0.0861. The lowest BCUT2D eigenvalue weighted by molar-refractivity contribution is -0.925. The normalized spacial score (nSPS) is 20.0. The van der Waals surface area contributed by atoms with E-state index >= 15 is 0 Å². The number of quaternary nitrogens is 1. The molecule has 7 heteroatoms. The molecule has 0 saturated carbocycles. The summed E-state index contributed by atoms with van der Waals surface area (Å²) in [7, 11) is 0. The number of rotatable bonds is 6. The molecule has 2 aromatic carbocycles. The predicted molar refractivity (Wildman–Crippen MR) is 98.7 cm³/mol. The van der Waals surface area contributed by atoms with Crippen LogP contribution < -0.4 is 10.2 Å². The summed E-state index contributed by atoms with van der Waals surface area (Å²) in [5.74, 6) is -0.307. The summed E-state index contributed by atoms with van der Waals surface area (Å²) in [4.78, 5) is 13.5. The van der Waals surface area contributed by atoms with Crippen molar-refractivity contribution in [2.45, 2.75) is 25.2 Å². The monoisotopic (exact) mass is 393 g/mol. The molecule has 1 heterocycles. The third-order valence-electron chi connectivity index (χ3n) is 4.77. The van der Waals surface area contributed by atoms with Crippen LogP contribution in [0, 0.1) is 0 Å². The highest BCUT2D eigenvalue weighted by atomic mass is 19.4. The molecule has 1 fully saturated rings. The standard InChI is InChI=1S/C21H23F3N2O2/c22-21(23,24)18-8-4-7-17(11-18)12-20(27)25-13-19-15-26(9-10-28-19)14-16-5-2-1-3-6-16/h1-8,11,19H,9-10,12-15H2,(H,25,27)/p+1/t19-/m1/s1. The Hall–Kier alpha value is -2.38. The van der Waals surface area contributed by atoms with Crippen LogP contribution in [0.1, 0.15) is 16.7 Å². The molecule has 1 unspecified atom stereocenters. The summed E-state index contributed by atoms with van der Waals surface area (Å²) in [6, 6.07) is 15.1. The van der Waals surface area contributed by atoms with Gasteiger partial charge in [-0.3, -0.25) is 4.79 Å². The highest BCUT2D eigenvalue weighted by Crippen LogP contribution is 2.29. The molecule has 2 N–H and O–H groups in total. The van der Waals surface area contributed by atoms with Crippen molar-refractivity contribution < 1.29 is 27.6 Å². The van der Waals surface area contributed by atoms with Crippen LogP contribution in [0.5, 0.6) is 0 Å². The van der Waals surface area contributed by atoms with E-state index in [-0.39, 0.29) is 18.4 Å². The fourth-order valence-corrected chi connectivity index (χ4v) is 3.36. The van der Waals surface area contributed by atoms with E-state index in [0.29, 0.717) is 18.7 Å². The van der Waals surface area contributed by atoms with Crippen LogP contribution in [-0.2, 0) is 28.7 Å². The Bertz CT molecular complexity index is 781. The van der Waals surface area contributed by atoms with E-state index in [1.54, 1.807) is 0 Å². The number of benzene rings is 2. The van der Waals surface area contributed by atoms with Crippen molar-refractivity contribution in [2.75, 3.05) is 26.2 Å². The number of hydrogen-bond acceptors (Lipinski definition) is 2. The fourth-order valence-electron chi connectivity index (χ4n) is 3.36. The summed E-state index contributed by atoms with van der Waals surface area (Å²) in [5, 5.41) is 2.78. The molecule has 150 valence electrons. The lowest BCUT2D eigenvalue weighted by Crippen LogP contribution is -3.13. The largest absolute Gasteiger partial charge is 0.416 e. The van der Waals surface area contributed by atoms with Gasteiger partial charge in [0.15, 0.2) is 0 Å². The first kappa shape index (κ1) is 20.4. The van der Waals surface area contributed by atoms with Crippen LogP contribution in [0.4, 0.5) is 13.2 Å². The van der Waals surface area contributed by atoms with E-state index in [9.17, 15) is 18.0 Å². The molecule has 2 aromatic rings. The molecule has 0 aliphatic carbocycles. The number of amides is 1. The Morgan fingerprint density at radius 1 is 1.11 bits per heavy atom. The van der Waals surface area contributed by atoms with E-state index in [4.69, 9.17) is 4.74 Å². The number of hydrogen-bond donors (Lipinski definition) is 2. The Labute approximate surface area is 162 Å². The molecular formula is C21H24F3N2O2+. The Morgan fingerprint density at radius 3 is 2.61 bits per heavy atom. The van der Waals surface area contributed by atoms with Gasteiger partial charge in [-0.2, -0.15) is 13.2 Å². The number of alkyl halides is 3. The van der Waals surface area contributed by atoms with Gasteiger partial charge in [0.2, 0.25) is 5.91 Å². The zero-order valence-electron chi connectivity index (χ0n) is 15.5. The van der Waals surface area contributed by atoms with Crippen LogP contribution in [0.2, 0.25) is 0 Å². The maximum atomic E-state index is 12.8. The number of ether oxygens (including phenoxy) is 1. The average Bonchev–Trinajstić information content (AvgIpc) is 2.67. The number of nitrogens with one attached hydrogen (secondary N) is 2. The average molecular weight is 393 g/mol. The molecule has 1 saturated heterocycles. The molecule has 2 atom stereocenters. The third-order valence-corrected chi connectivity index (χ3v) is 4.77. The van der Waals surface area contributed by atoms with E-state index in [0.717, 1.165) is 31.8 Å². The maximum absolute atomic E-state index is 12.8. The van der Waals surface area contributed by atoms with Crippen LogP contribution in [0.3, 0.4) is 0 Å². The van der Waals surface area contributed by atoms with Gasteiger partial charge in [0.25, 0.3) is 0 Å². The van der Waals surface area contributed by atoms with Crippen LogP contribution in [0.15, 0.2) is 54.6 Å². The molecule has 1 aliphatic heterocycles. The quantitative estimate of drug-likeness (QED) is 0.787. The van der Waals surface area contributed by atoms with Gasteiger partial charge in [-0.05, 0) is 11.6 Å². The lowest BCUT2D eigenvalue weighted by Gasteiger charge is -2.30. The summed E-state index contributed by atoms with van der Waals surface area (Å²) >= 11 is 0. The number of morpholine rings is 1. The van der Waals surface area contributed by atoms with E-state index in [2.05, 4.69) is 17.4 Å². The molecular weight excluding hydrogens is 369 g/mol. The molecule has 0 spiro atoms. The zero-order chi connectivity index (χ0) is 20.0. The van der Waals surface area contributed by atoms with E-state index in [1.165, 1.54) is 22.6 Å². The molecule has 1 aliphatic rings. The highest BCUT2D eigenvalue weighted by Gasteiger charge is 2.30. The van der Waals surface area contributed by atoms with E-state index < -0.39 is 11.7 Å². The molecule has 0 radical (unpaired) electrons. The molecule has 3 rings (SSSR count). The summed E-state index contributed by atoms with van der Waals surface area (Å²) in [6.45, 7) is 3.56. The van der Waals surface area contributed by atoms with Gasteiger partial charge < -0.3 is 15.0 Å². The van der Waals surface area contributed by atoms with E-state index in [1.807, 2.05) is 18.2 Å². The van der Waals surface area contributed by atoms with Gasteiger partial charge in [0.1, 0.15) is 25.7 Å². The van der Waals surface area contributed by atoms with Crippen molar-refractivity contribution in [1.29, 1.82) is 0 Å². The van der Waals surface area contributed by atoms with Gasteiger partial charge in [-0.25, -0.2) is 0 Å². The van der Waals surface area contributed by atoms with Gasteiger partial charge in [-0.1, -0.05) is 48.5 Å². The van der Waals surface area contributed by atoms with Gasteiger partial charge in [0, 0.05) is 12.1 Å². The molecule has 4 nitrogen and oxygen atoms in total. The zero-order valence-corrected chi connectivity index (χ0v) is 15.5. The second kappa shape index (κ2) is 9.21. The second-order valence-corrected chi connectivity index (χ2v) is 7.04. The first-order chi connectivity index (χ1) is 13.4. The molecule has 0 bridgehead atoms. The number of carbonyl (C=O) groups excluding carboxylic acids is 1. The smallest absolute Gasteiger partial charge is 0.365 e. The number of carbonyl (C=O) groups is 1. The van der Waals surface area contributed by atoms with Gasteiger partial charge >= 0.3 is 6.18 Å². The lowest BCUT2D eigenvalue weighted by atomic mass is 10.1. The van der Waals surface area contributed by atoms with Crippen molar-refractivity contribution in [1.82, 2.24) is 5.32 Å². The van der Waals surface area contributed by atoms with Crippen molar-refractivity contribution in [3.05, 3.63) is 71.3 Å². The van der Waals surface area contributed by atoms with Crippen LogP contribution in [0.25, 0.3) is 0 Å². The highest BCUT2D eigenvalue weighted by molar-refractivity contribution is 5.78. The molecule has 1 amide bonds. The third kappa shape index (κ3) is 6.07. The van der Waals surface area contributed by atoms with Crippen molar-refractivity contribution in [3.8, 4) is 0 Å². The Kier molecular flexibility index (Phi) is 6.70. The van der Waals surface area contributed by atoms with Crippen molar-refractivity contribution >= 4 is 5.91 Å². The Morgan fingerprint density at radius 2 is 1.86 bits per heavy atom. The molecule has 0 aromatic heterocycles. The summed E-state index contributed by atoms with van der Waals surface area (Å²) < 4.78 is 44.0. The second-order valence-electron chi connectivity index (χ2n) is 7.04. The predicted octanol–water partition coefficient (Wildman–Crippen LogP) is 1.85. The van der Waals surface area contributed by atoms with Crippen LogP contribution >= 0.6 is 0 Å².